The molecule has 0 aromatic heterocycles. The Morgan fingerprint density at radius 3 is 2.89 bits per heavy atom. The van der Waals surface area contributed by atoms with Crippen molar-refractivity contribution in [1.82, 2.24) is 10.6 Å². The van der Waals surface area contributed by atoms with Crippen molar-refractivity contribution >= 4 is 5.91 Å². The zero-order valence-corrected chi connectivity index (χ0v) is 11.6. The van der Waals surface area contributed by atoms with E-state index in [1.807, 2.05) is 24.3 Å². The summed E-state index contributed by atoms with van der Waals surface area (Å²) in [5.41, 5.74) is 1.06. The number of carbonyl (C=O) groups is 1. The predicted molar refractivity (Wildman–Crippen MR) is 77.2 cm³/mol. The third-order valence-electron chi connectivity index (χ3n) is 2.70. The van der Waals surface area contributed by atoms with Gasteiger partial charge in [0.25, 0.3) is 5.91 Å². The Morgan fingerprint density at radius 2 is 2.21 bits per heavy atom. The van der Waals surface area contributed by atoms with Crippen LogP contribution in [0.4, 0.5) is 0 Å². The molecule has 0 spiro atoms. The molecule has 0 radical (unpaired) electrons. The quantitative estimate of drug-likeness (QED) is 0.705. The van der Waals surface area contributed by atoms with E-state index in [1.54, 1.807) is 6.08 Å². The number of para-hydroxylation sites is 1. The zero-order chi connectivity index (χ0) is 14.1. The molecule has 1 unspecified atom stereocenters. The van der Waals surface area contributed by atoms with E-state index in [0.29, 0.717) is 6.54 Å². The van der Waals surface area contributed by atoms with Gasteiger partial charge in [-0.25, -0.2) is 0 Å². The number of hydrogen-bond acceptors (Lipinski definition) is 3. The highest BCUT2D eigenvalue weighted by Crippen LogP contribution is 2.24. The third-order valence-corrected chi connectivity index (χ3v) is 2.70. The molecule has 1 aromatic rings. The van der Waals surface area contributed by atoms with Crippen LogP contribution >= 0.6 is 0 Å². The normalized spacial score (nSPS) is 11.7. The summed E-state index contributed by atoms with van der Waals surface area (Å²) in [7, 11) is 0. The summed E-state index contributed by atoms with van der Waals surface area (Å²) in [6, 6.07) is 7.94. The third kappa shape index (κ3) is 5.14. The summed E-state index contributed by atoms with van der Waals surface area (Å²) in [6.07, 6.45) is 1.64. The number of hydrogen-bond donors (Lipinski definition) is 2. The number of amides is 1. The lowest BCUT2D eigenvalue weighted by atomic mass is 10.1. The Morgan fingerprint density at radius 1 is 1.47 bits per heavy atom. The largest absolute Gasteiger partial charge is 0.483 e. The summed E-state index contributed by atoms with van der Waals surface area (Å²) in [5.74, 6) is 0.593. The van der Waals surface area contributed by atoms with E-state index < -0.39 is 0 Å². The first-order valence-electron chi connectivity index (χ1n) is 6.51. The van der Waals surface area contributed by atoms with Gasteiger partial charge < -0.3 is 15.4 Å². The van der Waals surface area contributed by atoms with Gasteiger partial charge in [0.15, 0.2) is 6.61 Å². The maximum Gasteiger partial charge on any atom is 0.258 e. The Hall–Kier alpha value is -1.81. The highest BCUT2D eigenvalue weighted by atomic mass is 16.5. The summed E-state index contributed by atoms with van der Waals surface area (Å²) < 4.78 is 5.58. The molecular weight excluding hydrogens is 240 g/mol. The van der Waals surface area contributed by atoms with Gasteiger partial charge in [-0.3, -0.25) is 4.79 Å². The number of carbonyl (C=O) groups excluding carboxylic acids is 1. The Labute approximate surface area is 114 Å². The molecule has 1 atom stereocenters. The molecule has 0 bridgehead atoms. The molecule has 19 heavy (non-hydrogen) atoms. The van der Waals surface area contributed by atoms with Crippen molar-refractivity contribution in [1.29, 1.82) is 0 Å². The molecule has 0 aliphatic rings. The minimum atomic E-state index is -0.147. The fraction of sp³-hybridized carbons (Fsp3) is 0.400. The maximum absolute atomic E-state index is 11.5. The molecule has 2 N–H and O–H groups in total. The molecule has 0 aliphatic carbocycles. The molecule has 0 fully saturated rings. The summed E-state index contributed by atoms with van der Waals surface area (Å²) in [6.45, 7) is 9.03. The summed E-state index contributed by atoms with van der Waals surface area (Å²) in [5, 5.41) is 6.01. The highest BCUT2D eigenvalue weighted by molar-refractivity contribution is 5.77. The Balaban J connectivity index is 2.62. The van der Waals surface area contributed by atoms with Crippen LogP contribution in [0.5, 0.6) is 5.75 Å². The van der Waals surface area contributed by atoms with Crippen LogP contribution in [0.15, 0.2) is 36.9 Å². The molecule has 4 nitrogen and oxygen atoms in total. The number of benzene rings is 1. The van der Waals surface area contributed by atoms with Crippen LogP contribution in [0.3, 0.4) is 0 Å². The van der Waals surface area contributed by atoms with E-state index >= 15 is 0 Å². The lowest BCUT2D eigenvalue weighted by Gasteiger charge is -2.17. The van der Waals surface area contributed by atoms with Gasteiger partial charge in [0.2, 0.25) is 0 Å². The second kappa shape index (κ2) is 8.32. The summed E-state index contributed by atoms with van der Waals surface area (Å²) >= 11 is 0. The van der Waals surface area contributed by atoms with Crippen molar-refractivity contribution < 1.29 is 9.53 Å². The maximum atomic E-state index is 11.5. The molecule has 0 heterocycles. The van der Waals surface area contributed by atoms with Crippen LogP contribution in [0.2, 0.25) is 0 Å². The number of ether oxygens (including phenoxy) is 1. The van der Waals surface area contributed by atoms with Crippen molar-refractivity contribution in [3.63, 3.8) is 0 Å². The van der Waals surface area contributed by atoms with Crippen molar-refractivity contribution in [3.05, 3.63) is 42.5 Å². The van der Waals surface area contributed by atoms with E-state index in [2.05, 4.69) is 31.1 Å². The minimum Gasteiger partial charge on any atom is -0.483 e. The number of nitrogens with one attached hydrogen (secondary N) is 2. The molecular formula is C15H22N2O2. The van der Waals surface area contributed by atoms with E-state index in [0.717, 1.165) is 17.9 Å². The molecule has 1 amide bonds. The van der Waals surface area contributed by atoms with E-state index in [9.17, 15) is 4.79 Å². The van der Waals surface area contributed by atoms with Crippen LogP contribution in [0, 0.1) is 0 Å². The molecule has 1 rings (SSSR count). The first-order valence-corrected chi connectivity index (χ1v) is 6.51. The molecule has 4 heteroatoms. The smallest absolute Gasteiger partial charge is 0.258 e. The van der Waals surface area contributed by atoms with E-state index in [-0.39, 0.29) is 18.6 Å². The van der Waals surface area contributed by atoms with Gasteiger partial charge >= 0.3 is 0 Å². The Kier molecular flexibility index (Phi) is 6.68. The molecule has 0 saturated carbocycles. The van der Waals surface area contributed by atoms with Crippen LogP contribution in [-0.2, 0) is 4.79 Å². The molecule has 1 aromatic carbocycles. The second-order valence-electron chi connectivity index (χ2n) is 4.20. The predicted octanol–water partition coefficient (Wildman–Crippen LogP) is 2.04. The van der Waals surface area contributed by atoms with Crippen molar-refractivity contribution in [2.75, 3.05) is 19.7 Å². The van der Waals surface area contributed by atoms with Gasteiger partial charge in [0, 0.05) is 18.2 Å². The average Bonchev–Trinajstić information content (AvgIpc) is 2.43. The minimum absolute atomic E-state index is 0.0176. The molecule has 104 valence electrons. The SMILES string of the molecule is C=CCNC(=O)COc1ccccc1C(C)NCC. The van der Waals surface area contributed by atoms with Gasteiger partial charge in [0.05, 0.1) is 0 Å². The summed E-state index contributed by atoms with van der Waals surface area (Å²) in [4.78, 5) is 11.5. The van der Waals surface area contributed by atoms with E-state index in [1.165, 1.54) is 0 Å². The standard InChI is InChI=1S/C15H22N2O2/c1-4-10-17-15(18)11-19-14-9-7-6-8-13(14)12(3)16-5-2/h4,6-9,12,16H,1,5,10-11H2,2-3H3,(H,17,18). The van der Waals surface area contributed by atoms with Gasteiger partial charge in [-0.05, 0) is 19.5 Å². The van der Waals surface area contributed by atoms with Crippen molar-refractivity contribution in [3.8, 4) is 5.75 Å². The van der Waals surface area contributed by atoms with Crippen molar-refractivity contribution in [2.45, 2.75) is 19.9 Å². The zero-order valence-electron chi connectivity index (χ0n) is 11.6. The first-order chi connectivity index (χ1) is 9.19. The van der Waals surface area contributed by atoms with Gasteiger partial charge in [-0.15, -0.1) is 6.58 Å². The van der Waals surface area contributed by atoms with Crippen LogP contribution in [0.25, 0.3) is 0 Å². The van der Waals surface area contributed by atoms with Gasteiger partial charge in [0.1, 0.15) is 5.75 Å². The average molecular weight is 262 g/mol. The van der Waals surface area contributed by atoms with Crippen LogP contribution < -0.4 is 15.4 Å². The number of rotatable bonds is 8. The fourth-order valence-corrected chi connectivity index (χ4v) is 1.77. The molecule has 0 aliphatic heterocycles. The Bertz CT molecular complexity index is 418. The lowest BCUT2D eigenvalue weighted by Crippen LogP contribution is -2.29. The highest BCUT2D eigenvalue weighted by Gasteiger charge is 2.11. The topological polar surface area (TPSA) is 50.4 Å². The lowest BCUT2D eigenvalue weighted by molar-refractivity contribution is -0.122. The fourth-order valence-electron chi connectivity index (χ4n) is 1.77. The first kappa shape index (κ1) is 15.2. The van der Waals surface area contributed by atoms with E-state index in [4.69, 9.17) is 4.74 Å². The van der Waals surface area contributed by atoms with Crippen LogP contribution in [-0.4, -0.2) is 25.6 Å². The molecule has 0 saturated heterocycles. The van der Waals surface area contributed by atoms with Crippen molar-refractivity contribution in [2.24, 2.45) is 0 Å². The van der Waals surface area contributed by atoms with Crippen LogP contribution in [0.1, 0.15) is 25.5 Å². The van der Waals surface area contributed by atoms with Gasteiger partial charge in [-0.2, -0.15) is 0 Å². The van der Waals surface area contributed by atoms with Gasteiger partial charge in [-0.1, -0.05) is 31.2 Å². The monoisotopic (exact) mass is 262 g/mol. The second-order valence-corrected chi connectivity index (χ2v) is 4.20.